The number of fused-ring (bicyclic) bond motifs is 1. The van der Waals surface area contributed by atoms with Crippen molar-refractivity contribution in [2.45, 2.75) is 26.5 Å². The fourth-order valence-electron chi connectivity index (χ4n) is 2.44. The smallest absolute Gasteiger partial charge is 0.330 e. The first kappa shape index (κ1) is 14.3. The second kappa shape index (κ2) is 5.27. The van der Waals surface area contributed by atoms with Gasteiger partial charge in [0, 0.05) is 11.3 Å². The van der Waals surface area contributed by atoms with E-state index in [-0.39, 0.29) is 17.6 Å². The standard InChI is InChI=1S/C15H15N3O4/c1-8-11(9(2)19)6-12-13(16-8)18(15(21)17-14(12)20)7-10-4-3-5-22-10/h3-6,9,19H,7H2,1-2H3,(H,17,20,21). The maximum Gasteiger partial charge on any atom is 0.330 e. The van der Waals surface area contributed by atoms with Gasteiger partial charge in [0.25, 0.3) is 5.56 Å². The highest BCUT2D eigenvalue weighted by atomic mass is 16.3. The molecule has 3 aromatic heterocycles. The number of rotatable bonds is 3. The van der Waals surface area contributed by atoms with E-state index in [0.717, 1.165) is 0 Å². The maximum atomic E-state index is 12.1. The summed E-state index contributed by atoms with van der Waals surface area (Å²) in [5.74, 6) is 0.578. The number of aryl methyl sites for hydroxylation is 1. The van der Waals surface area contributed by atoms with Gasteiger partial charge < -0.3 is 9.52 Å². The lowest BCUT2D eigenvalue weighted by Gasteiger charge is -2.12. The molecule has 0 saturated carbocycles. The van der Waals surface area contributed by atoms with Gasteiger partial charge in [-0.3, -0.25) is 14.3 Å². The van der Waals surface area contributed by atoms with Crippen LogP contribution in [0.4, 0.5) is 0 Å². The number of pyridine rings is 1. The molecule has 0 bridgehead atoms. The summed E-state index contributed by atoms with van der Waals surface area (Å²) in [7, 11) is 0. The molecule has 0 radical (unpaired) electrons. The van der Waals surface area contributed by atoms with Crippen molar-refractivity contribution in [3.05, 3.63) is 62.3 Å². The minimum atomic E-state index is -0.748. The van der Waals surface area contributed by atoms with Gasteiger partial charge in [0.2, 0.25) is 0 Å². The van der Waals surface area contributed by atoms with Crippen LogP contribution in [0, 0.1) is 6.92 Å². The predicted octanol–water partition coefficient (Wildman–Crippen LogP) is 1.09. The Hall–Kier alpha value is -2.67. The number of hydrogen-bond acceptors (Lipinski definition) is 5. The van der Waals surface area contributed by atoms with Crippen LogP contribution in [0.3, 0.4) is 0 Å². The lowest BCUT2D eigenvalue weighted by Crippen LogP contribution is -2.31. The molecular weight excluding hydrogens is 286 g/mol. The van der Waals surface area contributed by atoms with Crippen molar-refractivity contribution in [3.63, 3.8) is 0 Å². The molecule has 7 heteroatoms. The van der Waals surface area contributed by atoms with Crippen molar-refractivity contribution in [3.8, 4) is 0 Å². The zero-order chi connectivity index (χ0) is 15.9. The lowest BCUT2D eigenvalue weighted by molar-refractivity contribution is 0.198. The van der Waals surface area contributed by atoms with E-state index in [9.17, 15) is 14.7 Å². The minimum absolute atomic E-state index is 0.166. The summed E-state index contributed by atoms with van der Waals surface area (Å²) in [5, 5.41) is 10.0. The Morgan fingerprint density at radius 2 is 2.23 bits per heavy atom. The van der Waals surface area contributed by atoms with Gasteiger partial charge in [0.05, 0.1) is 24.3 Å². The van der Waals surface area contributed by atoms with E-state index in [1.807, 2.05) is 0 Å². The number of aliphatic hydroxyl groups excluding tert-OH is 1. The SMILES string of the molecule is Cc1nc2c(cc1C(C)O)c(=O)[nH]c(=O)n2Cc1ccco1. The van der Waals surface area contributed by atoms with Crippen molar-refractivity contribution in [1.82, 2.24) is 14.5 Å². The Morgan fingerprint density at radius 3 is 2.86 bits per heavy atom. The molecule has 3 rings (SSSR count). The molecule has 0 aliphatic rings. The number of aromatic nitrogens is 3. The zero-order valence-corrected chi connectivity index (χ0v) is 12.2. The molecule has 1 atom stereocenters. The van der Waals surface area contributed by atoms with Gasteiger partial charge >= 0.3 is 5.69 Å². The number of aliphatic hydroxyl groups is 1. The summed E-state index contributed by atoms with van der Waals surface area (Å²) < 4.78 is 6.59. The average molecular weight is 301 g/mol. The van der Waals surface area contributed by atoms with Gasteiger partial charge in [0.1, 0.15) is 11.4 Å². The van der Waals surface area contributed by atoms with E-state index in [4.69, 9.17) is 4.42 Å². The highest BCUT2D eigenvalue weighted by molar-refractivity contribution is 5.75. The van der Waals surface area contributed by atoms with Crippen LogP contribution in [0.2, 0.25) is 0 Å². The van der Waals surface area contributed by atoms with Gasteiger partial charge in [-0.25, -0.2) is 9.78 Å². The number of aromatic amines is 1. The second-order valence-electron chi connectivity index (χ2n) is 5.13. The van der Waals surface area contributed by atoms with Crippen LogP contribution in [-0.2, 0) is 6.54 Å². The molecule has 22 heavy (non-hydrogen) atoms. The fourth-order valence-corrected chi connectivity index (χ4v) is 2.44. The van der Waals surface area contributed by atoms with E-state index in [1.54, 1.807) is 32.0 Å². The highest BCUT2D eigenvalue weighted by Crippen LogP contribution is 2.19. The number of nitrogens with zero attached hydrogens (tertiary/aromatic N) is 2. The van der Waals surface area contributed by atoms with Gasteiger partial charge in [-0.15, -0.1) is 0 Å². The predicted molar refractivity (Wildman–Crippen MR) is 79.8 cm³/mol. The van der Waals surface area contributed by atoms with Crippen molar-refractivity contribution in [1.29, 1.82) is 0 Å². The molecule has 114 valence electrons. The van der Waals surface area contributed by atoms with E-state index in [1.165, 1.54) is 10.8 Å². The molecule has 0 fully saturated rings. The Kier molecular flexibility index (Phi) is 3.42. The van der Waals surface area contributed by atoms with Crippen LogP contribution in [0.15, 0.2) is 38.5 Å². The topological polar surface area (TPSA) is 101 Å². The van der Waals surface area contributed by atoms with Crippen molar-refractivity contribution >= 4 is 11.0 Å². The molecule has 0 amide bonds. The number of furan rings is 1. The van der Waals surface area contributed by atoms with Crippen molar-refractivity contribution < 1.29 is 9.52 Å². The van der Waals surface area contributed by atoms with Gasteiger partial charge in [0.15, 0.2) is 0 Å². The Balaban J connectivity index is 2.30. The lowest BCUT2D eigenvalue weighted by atomic mass is 10.1. The van der Waals surface area contributed by atoms with Gasteiger partial charge in [-0.05, 0) is 32.0 Å². The van der Waals surface area contributed by atoms with Crippen LogP contribution in [0.5, 0.6) is 0 Å². The second-order valence-corrected chi connectivity index (χ2v) is 5.13. The molecule has 2 N–H and O–H groups in total. The summed E-state index contributed by atoms with van der Waals surface area (Å²) in [6, 6.07) is 5.03. The summed E-state index contributed by atoms with van der Waals surface area (Å²) in [6.45, 7) is 3.49. The minimum Gasteiger partial charge on any atom is -0.467 e. The molecule has 0 aliphatic carbocycles. The zero-order valence-electron chi connectivity index (χ0n) is 12.2. The van der Waals surface area contributed by atoms with Crippen molar-refractivity contribution in [2.24, 2.45) is 0 Å². The molecule has 0 spiro atoms. The summed E-state index contributed by atoms with van der Waals surface area (Å²) in [4.78, 5) is 30.7. The first-order valence-electron chi connectivity index (χ1n) is 6.82. The quantitative estimate of drug-likeness (QED) is 0.754. The third-order valence-corrected chi connectivity index (χ3v) is 3.54. The first-order valence-corrected chi connectivity index (χ1v) is 6.82. The number of hydrogen-bond donors (Lipinski definition) is 2. The Bertz CT molecular complexity index is 936. The average Bonchev–Trinajstić information content (AvgIpc) is 2.95. The third kappa shape index (κ3) is 2.35. The maximum absolute atomic E-state index is 12.1. The molecule has 0 aliphatic heterocycles. The summed E-state index contributed by atoms with van der Waals surface area (Å²) in [5.41, 5.74) is 0.324. The summed E-state index contributed by atoms with van der Waals surface area (Å²) >= 11 is 0. The molecular formula is C15H15N3O4. The molecule has 3 heterocycles. The molecule has 3 aromatic rings. The molecule has 7 nitrogen and oxygen atoms in total. The van der Waals surface area contributed by atoms with E-state index in [2.05, 4.69) is 9.97 Å². The largest absolute Gasteiger partial charge is 0.467 e. The van der Waals surface area contributed by atoms with Crippen LogP contribution >= 0.6 is 0 Å². The van der Waals surface area contributed by atoms with Crippen LogP contribution in [0.25, 0.3) is 11.0 Å². The number of nitrogens with one attached hydrogen (secondary N) is 1. The fraction of sp³-hybridized carbons (Fsp3) is 0.267. The van der Waals surface area contributed by atoms with Gasteiger partial charge in [-0.1, -0.05) is 0 Å². The Morgan fingerprint density at radius 1 is 1.45 bits per heavy atom. The molecule has 0 aromatic carbocycles. The highest BCUT2D eigenvalue weighted by Gasteiger charge is 2.15. The monoisotopic (exact) mass is 301 g/mol. The molecule has 1 unspecified atom stereocenters. The van der Waals surface area contributed by atoms with Crippen LogP contribution < -0.4 is 11.2 Å². The van der Waals surface area contributed by atoms with Gasteiger partial charge in [-0.2, -0.15) is 0 Å². The first-order chi connectivity index (χ1) is 10.5. The van der Waals surface area contributed by atoms with E-state index in [0.29, 0.717) is 17.0 Å². The van der Waals surface area contributed by atoms with Crippen LogP contribution in [-0.4, -0.2) is 19.6 Å². The normalized spacial score (nSPS) is 12.7. The number of H-pyrrole nitrogens is 1. The molecule has 0 saturated heterocycles. The van der Waals surface area contributed by atoms with Crippen molar-refractivity contribution in [2.75, 3.05) is 0 Å². The van der Waals surface area contributed by atoms with E-state index < -0.39 is 17.4 Å². The summed E-state index contributed by atoms with van der Waals surface area (Å²) in [6.07, 6.45) is 0.764. The Labute approximate surface area is 124 Å². The van der Waals surface area contributed by atoms with E-state index >= 15 is 0 Å². The third-order valence-electron chi connectivity index (χ3n) is 3.54. The van der Waals surface area contributed by atoms with Crippen LogP contribution in [0.1, 0.15) is 30.0 Å².